The van der Waals surface area contributed by atoms with Crippen molar-refractivity contribution < 1.29 is 13.7 Å². The second-order valence-corrected chi connectivity index (χ2v) is 6.12. The number of carbonyl (C=O) groups is 1. The van der Waals surface area contributed by atoms with Crippen LogP contribution in [-0.4, -0.2) is 21.0 Å². The van der Waals surface area contributed by atoms with Gasteiger partial charge in [0.25, 0.3) is 11.8 Å². The number of pyridine rings is 1. The number of hydrogen-bond donors (Lipinski definition) is 1. The summed E-state index contributed by atoms with van der Waals surface area (Å²) in [7, 11) is 0. The van der Waals surface area contributed by atoms with Gasteiger partial charge in [-0.3, -0.25) is 4.79 Å². The first-order chi connectivity index (χ1) is 13.6. The van der Waals surface area contributed by atoms with Crippen LogP contribution in [0.15, 0.2) is 71.3 Å². The van der Waals surface area contributed by atoms with Gasteiger partial charge in [-0.25, -0.2) is 4.98 Å². The Labute approximate surface area is 160 Å². The normalized spacial score (nSPS) is 10.6. The number of anilines is 1. The molecule has 1 amide bonds. The summed E-state index contributed by atoms with van der Waals surface area (Å²) in [6, 6.07) is 18.8. The smallest absolute Gasteiger partial charge is 0.274 e. The van der Waals surface area contributed by atoms with Crippen molar-refractivity contribution in [3.05, 3.63) is 83.9 Å². The van der Waals surface area contributed by atoms with Gasteiger partial charge in [0, 0.05) is 16.8 Å². The fraction of sp³-hybridized carbons (Fsp3) is 0.0476. The predicted molar refractivity (Wildman–Crippen MR) is 102 cm³/mol. The van der Waals surface area contributed by atoms with Crippen LogP contribution in [0, 0.1) is 12.9 Å². The fourth-order valence-electron chi connectivity index (χ4n) is 2.70. The van der Waals surface area contributed by atoms with Crippen LogP contribution < -0.4 is 5.32 Å². The third-order valence-electron chi connectivity index (χ3n) is 4.15. The van der Waals surface area contributed by atoms with Crippen LogP contribution >= 0.6 is 0 Å². The number of nitrogens with zero attached hydrogens (tertiary/aromatic N) is 3. The second-order valence-electron chi connectivity index (χ2n) is 6.12. The summed E-state index contributed by atoms with van der Waals surface area (Å²) in [5.74, 6) is -0.302. The van der Waals surface area contributed by atoms with E-state index in [1.165, 1.54) is 18.2 Å². The van der Waals surface area contributed by atoms with Crippen LogP contribution in [0.4, 0.5) is 10.1 Å². The van der Waals surface area contributed by atoms with E-state index in [0.29, 0.717) is 17.4 Å². The molecule has 2 heterocycles. The Bertz CT molecular complexity index is 1140. The van der Waals surface area contributed by atoms with E-state index in [9.17, 15) is 9.18 Å². The third kappa shape index (κ3) is 3.64. The lowest BCUT2D eigenvalue weighted by Gasteiger charge is -2.05. The molecule has 138 valence electrons. The van der Waals surface area contributed by atoms with E-state index in [1.54, 1.807) is 24.3 Å². The molecule has 0 aliphatic carbocycles. The summed E-state index contributed by atoms with van der Waals surface area (Å²) in [5, 5.41) is 6.70. The van der Waals surface area contributed by atoms with Crippen molar-refractivity contribution in [2.24, 2.45) is 0 Å². The Morgan fingerprint density at radius 1 is 0.964 bits per heavy atom. The molecule has 2 aromatic carbocycles. The molecule has 0 atom stereocenters. The quantitative estimate of drug-likeness (QED) is 0.532. The topological polar surface area (TPSA) is 80.9 Å². The Morgan fingerprint density at radius 2 is 1.75 bits per heavy atom. The van der Waals surface area contributed by atoms with Gasteiger partial charge in [-0.2, -0.15) is 9.37 Å². The van der Waals surface area contributed by atoms with Gasteiger partial charge in [0.2, 0.25) is 11.8 Å². The predicted octanol–water partition coefficient (Wildman–Crippen LogP) is 4.50. The number of hydrogen-bond acceptors (Lipinski definition) is 5. The van der Waals surface area contributed by atoms with Crippen LogP contribution in [0.5, 0.6) is 0 Å². The number of carbonyl (C=O) groups excluding carboxylic acids is 1. The van der Waals surface area contributed by atoms with E-state index in [4.69, 9.17) is 4.52 Å². The Hall–Kier alpha value is -3.87. The number of amides is 1. The highest BCUT2D eigenvalue weighted by atomic mass is 19.1. The summed E-state index contributed by atoms with van der Waals surface area (Å²) in [5.41, 5.74) is 3.22. The van der Waals surface area contributed by atoms with Crippen molar-refractivity contribution in [3.8, 4) is 22.8 Å². The lowest BCUT2D eigenvalue weighted by molar-refractivity contribution is 0.102. The van der Waals surface area contributed by atoms with Crippen LogP contribution in [-0.2, 0) is 0 Å². The molecule has 7 heteroatoms. The van der Waals surface area contributed by atoms with Crippen molar-refractivity contribution in [3.63, 3.8) is 0 Å². The Balaban J connectivity index is 1.51. The zero-order valence-electron chi connectivity index (χ0n) is 14.9. The molecule has 0 bridgehead atoms. The Morgan fingerprint density at radius 3 is 2.50 bits per heavy atom. The number of aryl methyl sites for hydroxylation is 1. The molecule has 0 saturated carbocycles. The molecule has 2 aromatic heterocycles. The molecule has 6 nitrogen and oxygen atoms in total. The van der Waals surface area contributed by atoms with E-state index < -0.39 is 11.9 Å². The molecule has 28 heavy (non-hydrogen) atoms. The van der Waals surface area contributed by atoms with Crippen LogP contribution in [0.1, 0.15) is 16.1 Å². The molecular weight excluding hydrogens is 359 g/mol. The van der Waals surface area contributed by atoms with Gasteiger partial charge >= 0.3 is 0 Å². The van der Waals surface area contributed by atoms with Crippen LogP contribution in [0.2, 0.25) is 0 Å². The molecule has 0 spiro atoms. The van der Waals surface area contributed by atoms with Gasteiger partial charge < -0.3 is 9.84 Å². The molecular formula is C21H15FN4O2. The van der Waals surface area contributed by atoms with Gasteiger partial charge in [-0.1, -0.05) is 29.4 Å². The second kappa shape index (κ2) is 7.40. The van der Waals surface area contributed by atoms with E-state index in [2.05, 4.69) is 20.4 Å². The highest BCUT2D eigenvalue weighted by molar-refractivity contribution is 6.02. The number of nitrogens with one attached hydrogen (secondary N) is 1. The molecule has 0 fully saturated rings. The zero-order valence-corrected chi connectivity index (χ0v) is 14.9. The maximum atomic E-state index is 13.1. The number of rotatable bonds is 4. The summed E-state index contributed by atoms with van der Waals surface area (Å²) < 4.78 is 18.5. The van der Waals surface area contributed by atoms with Crippen molar-refractivity contribution in [2.75, 3.05) is 5.32 Å². The number of aromatic nitrogens is 3. The zero-order chi connectivity index (χ0) is 19.5. The van der Waals surface area contributed by atoms with Crippen LogP contribution in [0.3, 0.4) is 0 Å². The standard InChI is InChI=1S/C21H15FN4O2/c1-13-5-2-3-6-16(13)21-25-19(26-28-21)14-9-11-15(12-10-14)23-20(27)17-7-4-8-18(22)24-17/h2-12H,1H3,(H,23,27). The summed E-state index contributed by atoms with van der Waals surface area (Å²) >= 11 is 0. The summed E-state index contributed by atoms with van der Waals surface area (Å²) in [6.45, 7) is 1.98. The fourth-order valence-corrected chi connectivity index (χ4v) is 2.70. The lowest BCUT2D eigenvalue weighted by atomic mass is 10.1. The highest BCUT2D eigenvalue weighted by Crippen LogP contribution is 2.25. The first-order valence-electron chi connectivity index (χ1n) is 8.54. The van der Waals surface area contributed by atoms with E-state index in [-0.39, 0.29) is 5.69 Å². The molecule has 4 rings (SSSR count). The first-order valence-corrected chi connectivity index (χ1v) is 8.54. The number of halogens is 1. The third-order valence-corrected chi connectivity index (χ3v) is 4.15. The van der Waals surface area contributed by atoms with E-state index in [0.717, 1.165) is 16.7 Å². The van der Waals surface area contributed by atoms with Gasteiger partial charge in [0.1, 0.15) is 5.69 Å². The Kier molecular flexibility index (Phi) is 4.63. The first kappa shape index (κ1) is 17.5. The van der Waals surface area contributed by atoms with Gasteiger partial charge in [-0.05, 0) is 55.0 Å². The van der Waals surface area contributed by atoms with Crippen molar-refractivity contribution in [2.45, 2.75) is 6.92 Å². The van der Waals surface area contributed by atoms with Gasteiger partial charge in [0.15, 0.2) is 0 Å². The van der Waals surface area contributed by atoms with Crippen molar-refractivity contribution >= 4 is 11.6 Å². The molecule has 0 aliphatic heterocycles. The van der Waals surface area contributed by atoms with Crippen LogP contribution in [0.25, 0.3) is 22.8 Å². The average Bonchev–Trinajstić information content (AvgIpc) is 3.19. The maximum Gasteiger partial charge on any atom is 0.274 e. The molecule has 0 saturated heterocycles. The van der Waals surface area contributed by atoms with E-state index in [1.807, 2.05) is 31.2 Å². The van der Waals surface area contributed by atoms with E-state index >= 15 is 0 Å². The van der Waals surface area contributed by atoms with Crippen molar-refractivity contribution in [1.29, 1.82) is 0 Å². The summed E-state index contributed by atoms with van der Waals surface area (Å²) in [4.78, 5) is 20.1. The SMILES string of the molecule is Cc1ccccc1-c1nc(-c2ccc(NC(=O)c3cccc(F)n3)cc2)no1. The van der Waals surface area contributed by atoms with Gasteiger partial charge in [-0.15, -0.1) is 0 Å². The van der Waals surface area contributed by atoms with Gasteiger partial charge in [0.05, 0.1) is 0 Å². The molecule has 0 aliphatic rings. The largest absolute Gasteiger partial charge is 0.334 e. The monoisotopic (exact) mass is 374 g/mol. The minimum atomic E-state index is -0.704. The maximum absolute atomic E-state index is 13.1. The minimum absolute atomic E-state index is 0.00474. The molecule has 1 N–H and O–H groups in total. The molecule has 0 unspecified atom stereocenters. The number of benzene rings is 2. The minimum Gasteiger partial charge on any atom is -0.334 e. The molecule has 4 aromatic rings. The highest BCUT2D eigenvalue weighted by Gasteiger charge is 2.13. The molecule has 0 radical (unpaired) electrons. The van der Waals surface area contributed by atoms with Crippen molar-refractivity contribution in [1.82, 2.24) is 15.1 Å². The lowest BCUT2D eigenvalue weighted by Crippen LogP contribution is -2.14. The summed E-state index contributed by atoms with van der Waals surface area (Å²) in [6.07, 6.45) is 0. The average molecular weight is 374 g/mol.